The summed E-state index contributed by atoms with van der Waals surface area (Å²) in [7, 11) is 0. The maximum atomic E-state index is 12.6. The number of halogens is 3. The van der Waals surface area contributed by atoms with E-state index in [1.807, 2.05) is 0 Å². The van der Waals surface area contributed by atoms with Crippen LogP contribution in [0.2, 0.25) is 0 Å². The molecule has 0 amide bonds. The number of piperidine rings is 1. The molecule has 0 aromatic carbocycles. The molecular formula is C6H10F2IN. The number of likely N-dealkylation sites (tertiary alicyclic amines) is 1. The molecule has 1 saturated heterocycles. The Morgan fingerprint density at radius 3 is 2.60 bits per heavy atom. The van der Waals surface area contributed by atoms with E-state index in [1.165, 1.54) is 0 Å². The molecule has 10 heavy (non-hydrogen) atoms. The summed E-state index contributed by atoms with van der Waals surface area (Å²) >= 11 is 2.12. The van der Waals surface area contributed by atoms with Crippen molar-refractivity contribution in [1.82, 2.24) is 4.90 Å². The molecule has 0 aromatic rings. The molecule has 1 aliphatic rings. The summed E-state index contributed by atoms with van der Waals surface area (Å²) in [6.45, 7) is 0.786. The quantitative estimate of drug-likeness (QED) is 0.397. The molecule has 1 fully saturated rings. The molecule has 4 heteroatoms. The first-order chi connectivity index (χ1) is 4.64. The van der Waals surface area contributed by atoms with E-state index in [0.29, 0.717) is 11.0 Å². The molecule has 0 spiro atoms. The van der Waals surface area contributed by atoms with E-state index in [2.05, 4.69) is 22.6 Å². The van der Waals surface area contributed by atoms with Gasteiger partial charge < -0.3 is 0 Å². The molecule has 1 rings (SSSR count). The smallest absolute Gasteiger partial charge is 0.260 e. The number of rotatable bonds is 1. The van der Waals surface area contributed by atoms with E-state index in [4.69, 9.17) is 0 Å². The van der Waals surface area contributed by atoms with Gasteiger partial charge in [0.25, 0.3) is 5.92 Å². The molecule has 0 bridgehead atoms. The molecule has 0 unspecified atom stereocenters. The minimum absolute atomic E-state index is 0.0457. The molecule has 1 nitrogen and oxygen atoms in total. The van der Waals surface area contributed by atoms with Crippen LogP contribution in [0.15, 0.2) is 0 Å². The van der Waals surface area contributed by atoms with Gasteiger partial charge in [-0.1, -0.05) is 22.6 Å². The number of hydrogen-bond donors (Lipinski definition) is 0. The summed E-state index contributed by atoms with van der Waals surface area (Å²) in [5.74, 6) is -2.43. The van der Waals surface area contributed by atoms with E-state index < -0.39 is 5.92 Å². The van der Waals surface area contributed by atoms with Crippen LogP contribution in [0.5, 0.6) is 0 Å². The average molecular weight is 261 g/mol. The Balaban J connectivity index is 2.40. The predicted molar refractivity (Wildman–Crippen MR) is 44.6 cm³/mol. The average Bonchev–Trinajstić information content (AvgIpc) is 1.86. The highest BCUT2D eigenvalue weighted by Crippen LogP contribution is 2.26. The molecular weight excluding hydrogens is 251 g/mol. The van der Waals surface area contributed by atoms with Crippen molar-refractivity contribution in [3.63, 3.8) is 0 Å². The third kappa shape index (κ3) is 2.30. The van der Waals surface area contributed by atoms with Gasteiger partial charge in [0.1, 0.15) is 0 Å². The maximum absolute atomic E-state index is 12.6. The van der Waals surface area contributed by atoms with Crippen molar-refractivity contribution in [2.24, 2.45) is 0 Å². The van der Waals surface area contributed by atoms with Gasteiger partial charge in [0.15, 0.2) is 0 Å². The van der Waals surface area contributed by atoms with Crippen LogP contribution < -0.4 is 0 Å². The van der Waals surface area contributed by atoms with Gasteiger partial charge in [0.05, 0.1) is 11.1 Å². The summed E-state index contributed by atoms with van der Waals surface area (Å²) < 4.78 is 25.9. The minimum Gasteiger partial charge on any atom is -0.288 e. The van der Waals surface area contributed by atoms with Gasteiger partial charge in [-0.3, -0.25) is 4.90 Å². The van der Waals surface area contributed by atoms with E-state index >= 15 is 0 Å². The predicted octanol–water partition coefficient (Wildman–Crippen LogP) is 2.11. The third-order valence-electron chi connectivity index (χ3n) is 1.64. The second kappa shape index (κ2) is 3.30. The Morgan fingerprint density at radius 1 is 1.50 bits per heavy atom. The van der Waals surface area contributed by atoms with E-state index in [9.17, 15) is 8.78 Å². The lowest BCUT2D eigenvalue weighted by atomic mass is 10.1. The normalized spacial score (nSPS) is 26.7. The van der Waals surface area contributed by atoms with Crippen LogP contribution in [0.1, 0.15) is 12.8 Å². The summed E-state index contributed by atoms with van der Waals surface area (Å²) in [5, 5.41) is 0. The van der Waals surface area contributed by atoms with Crippen molar-refractivity contribution in [2.45, 2.75) is 18.8 Å². The Labute approximate surface area is 72.9 Å². The van der Waals surface area contributed by atoms with Crippen LogP contribution in [-0.2, 0) is 0 Å². The molecule has 60 valence electrons. The number of nitrogens with zero attached hydrogens (tertiary/aromatic N) is 1. The SMILES string of the molecule is FC1(F)CCCN(CI)C1. The summed E-state index contributed by atoms with van der Waals surface area (Å²) in [6.07, 6.45) is 0.705. The Hall–Kier alpha value is 0.550. The fraction of sp³-hybridized carbons (Fsp3) is 1.00. The van der Waals surface area contributed by atoms with E-state index in [-0.39, 0.29) is 13.0 Å². The number of alkyl halides is 3. The Morgan fingerprint density at radius 2 is 2.20 bits per heavy atom. The molecule has 0 saturated carbocycles. The second-order valence-electron chi connectivity index (χ2n) is 2.63. The van der Waals surface area contributed by atoms with Gasteiger partial charge in [0.2, 0.25) is 0 Å². The third-order valence-corrected chi connectivity index (χ3v) is 2.61. The Bertz CT molecular complexity index is 118. The minimum atomic E-state index is -2.43. The fourth-order valence-corrected chi connectivity index (χ4v) is 1.73. The van der Waals surface area contributed by atoms with Crippen molar-refractivity contribution in [2.75, 3.05) is 17.6 Å². The van der Waals surface area contributed by atoms with Crippen molar-refractivity contribution >= 4 is 22.6 Å². The van der Waals surface area contributed by atoms with Crippen LogP contribution in [0.25, 0.3) is 0 Å². The molecule has 0 atom stereocenters. The molecule has 1 heterocycles. The molecule has 0 aromatic heterocycles. The molecule has 1 aliphatic heterocycles. The first kappa shape index (κ1) is 8.64. The zero-order valence-corrected chi connectivity index (χ0v) is 7.77. The lowest BCUT2D eigenvalue weighted by Crippen LogP contribution is -2.41. The van der Waals surface area contributed by atoms with E-state index in [1.54, 1.807) is 4.90 Å². The Kier molecular flexibility index (Phi) is 2.85. The van der Waals surface area contributed by atoms with E-state index in [0.717, 1.165) is 6.54 Å². The van der Waals surface area contributed by atoms with Crippen molar-refractivity contribution < 1.29 is 8.78 Å². The van der Waals surface area contributed by atoms with Crippen LogP contribution in [0, 0.1) is 0 Å². The van der Waals surface area contributed by atoms with Crippen LogP contribution in [0.3, 0.4) is 0 Å². The van der Waals surface area contributed by atoms with Crippen molar-refractivity contribution in [1.29, 1.82) is 0 Å². The van der Waals surface area contributed by atoms with Crippen molar-refractivity contribution in [3.8, 4) is 0 Å². The van der Waals surface area contributed by atoms with Crippen LogP contribution >= 0.6 is 22.6 Å². The highest BCUT2D eigenvalue weighted by Gasteiger charge is 2.34. The molecule has 0 N–H and O–H groups in total. The zero-order valence-electron chi connectivity index (χ0n) is 5.62. The van der Waals surface area contributed by atoms with Crippen LogP contribution in [-0.4, -0.2) is 28.5 Å². The van der Waals surface area contributed by atoms with Gasteiger partial charge in [0, 0.05) is 6.42 Å². The summed E-state index contributed by atoms with van der Waals surface area (Å²) in [6, 6.07) is 0. The highest BCUT2D eigenvalue weighted by atomic mass is 127. The van der Waals surface area contributed by atoms with Gasteiger partial charge in [-0.25, -0.2) is 8.78 Å². The van der Waals surface area contributed by atoms with Gasteiger partial charge in [-0.15, -0.1) is 0 Å². The summed E-state index contributed by atoms with van der Waals surface area (Å²) in [5.41, 5.74) is 0. The molecule has 0 radical (unpaired) electrons. The fourth-order valence-electron chi connectivity index (χ4n) is 1.15. The lowest BCUT2D eigenvalue weighted by molar-refractivity contribution is -0.0579. The first-order valence-electron chi connectivity index (χ1n) is 3.30. The second-order valence-corrected chi connectivity index (χ2v) is 3.31. The maximum Gasteiger partial charge on any atom is 0.260 e. The standard InChI is InChI=1S/C6H10F2IN/c7-6(8)2-1-3-10(4-6)5-9/h1-5H2. The monoisotopic (exact) mass is 261 g/mol. The zero-order chi connectivity index (χ0) is 7.61. The lowest BCUT2D eigenvalue weighted by Gasteiger charge is -2.30. The topological polar surface area (TPSA) is 3.24 Å². The van der Waals surface area contributed by atoms with Gasteiger partial charge in [-0.2, -0.15) is 0 Å². The van der Waals surface area contributed by atoms with Crippen LogP contribution in [0.4, 0.5) is 8.78 Å². The first-order valence-corrected chi connectivity index (χ1v) is 4.83. The van der Waals surface area contributed by atoms with Gasteiger partial charge >= 0.3 is 0 Å². The number of hydrogen-bond acceptors (Lipinski definition) is 1. The van der Waals surface area contributed by atoms with Gasteiger partial charge in [-0.05, 0) is 13.0 Å². The summed E-state index contributed by atoms with van der Waals surface area (Å²) in [4.78, 5) is 1.78. The largest absolute Gasteiger partial charge is 0.288 e. The highest BCUT2D eigenvalue weighted by molar-refractivity contribution is 14.1. The van der Waals surface area contributed by atoms with Crippen molar-refractivity contribution in [3.05, 3.63) is 0 Å². The molecule has 0 aliphatic carbocycles.